The fraction of sp³-hybridized carbons (Fsp3) is 0.222. The molecule has 1 aromatic rings. The Morgan fingerprint density at radius 2 is 2.15 bits per heavy atom. The Bertz CT molecular complexity index is 346. The number of hydrogen-bond donors (Lipinski definition) is 0. The number of nitriles is 1. The first kappa shape index (κ1) is 10.6. The number of rotatable bonds is 2. The van der Waals surface area contributed by atoms with E-state index in [1.54, 1.807) is 6.92 Å². The summed E-state index contributed by atoms with van der Waals surface area (Å²) in [6.45, 7) is 1.70. The first-order chi connectivity index (χ1) is 6.13. The summed E-state index contributed by atoms with van der Waals surface area (Å²) in [4.78, 5) is 0. The number of hydrogen-bond acceptors (Lipinski definition) is 2. The Labute approximate surface area is 93.8 Å². The van der Waals surface area contributed by atoms with Crippen LogP contribution in [0.2, 0.25) is 0 Å². The minimum atomic E-state index is -0.433. The van der Waals surface area contributed by atoms with Crippen LogP contribution in [0.4, 0.5) is 0 Å². The van der Waals surface area contributed by atoms with Gasteiger partial charge in [-0.15, -0.1) is 0 Å². The zero-order chi connectivity index (χ0) is 9.84. The van der Waals surface area contributed by atoms with E-state index in [9.17, 15) is 0 Å². The molecule has 0 radical (unpaired) electrons. The summed E-state index contributed by atoms with van der Waals surface area (Å²) in [5.74, 6) is 0.678. The largest absolute Gasteiger partial charge is 0.475 e. The van der Waals surface area contributed by atoms with Gasteiger partial charge < -0.3 is 4.74 Å². The van der Waals surface area contributed by atoms with E-state index >= 15 is 0 Å². The Kier molecular flexibility index (Phi) is 3.76. The van der Waals surface area contributed by atoms with Crippen LogP contribution in [0.1, 0.15) is 6.92 Å². The number of nitrogens with zero attached hydrogens (tertiary/aromatic N) is 1. The minimum Gasteiger partial charge on any atom is -0.475 e. The van der Waals surface area contributed by atoms with Crippen LogP contribution in [-0.2, 0) is 0 Å². The van der Waals surface area contributed by atoms with Crippen LogP contribution in [0.25, 0.3) is 0 Å². The molecule has 0 aliphatic carbocycles. The van der Waals surface area contributed by atoms with Gasteiger partial charge in [0.1, 0.15) is 11.8 Å². The van der Waals surface area contributed by atoms with Crippen molar-refractivity contribution in [3.63, 3.8) is 0 Å². The Morgan fingerprint density at radius 3 is 2.69 bits per heavy atom. The molecule has 0 spiro atoms. The Morgan fingerprint density at radius 1 is 1.46 bits per heavy atom. The lowest BCUT2D eigenvalue weighted by atomic mass is 10.3. The fourth-order valence-electron chi connectivity index (χ4n) is 0.788. The molecule has 0 aliphatic heterocycles. The second-order valence-electron chi connectivity index (χ2n) is 2.46. The van der Waals surface area contributed by atoms with Crippen molar-refractivity contribution in [3.8, 4) is 11.8 Å². The van der Waals surface area contributed by atoms with Gasteiger partial charge >= 0.3 is 0 Å². The second kappa shape index (κ2) is 4.64. The molecule has 0 N–H and O–H groups in total. The van der Waals surface area contributed by atoms with E-state index in [-0.39, 0.29) is 0 Å². The molecule has 2 nitrogen and oxygen atoms in total. The fourth-order valence-corrected chi connectivity index (χ4v) is 1.93. The van der Waals surface area contributed by atoms with Crippen LogP contribution in [0, 0.1) is 11.3 Å². The molecule has 1 unspecified atom stereocenters. The molecule has 0 heterocycles. The van der Waals surface area contributed by atoms with Crippen LogP contribution >= 0.6 is 31.9 Å². The molecule has 13 heavy (non-hydrogen) atoms. The van der Waals surface area contributed by atoms with Crippen molar-refractivity contribution >= 4 is 31.9 Å². The van der Waals surface area contributed by atoms with Gasteiger partial charge in [-0.25, -0.2) is 0 Å². The van der Waals surface area contributed by atoms with Crippen molar-refractivity contribution in [2.75, 3.05) is 0 Å². The van der Waals surface area contributed by atoms with Crippen molar-refractivity contribution in [2.24, 2.45) is 0 Å². The molecular formula is C9H7Br2NO. The maximum atomic E-state index is 8.54. The standard InChI is InChI=1S/C9H7Br2NO/c1-6(5-12)13-9-3-2-7(10)4-8(9)11/h2-4,6H,1H3. The maximum absolute atomic E-state index is 8.54. The summed E-state index contributed by atoms with van der Waals surface area (Å²) in [6.07, 6.45) is -0.433. The van der Waals surface area contributed by atoms with Crippen LogP contribution in [0.5, 0.6) is 5.75 Å². The molecule has 0 aromatic heterocycles. The van der Waals surface area contributed by atoms with Gasteiger partial charge in [0.05, 0.1) is 4.47 Å². The van der Waals surface area contributed by atoms with Crippen molar-refractivity contribution in [2.45, 2.75) is 13.0 Å². The lowest BCUT2D eigenvalue weighted by Gasteiger charge is -2.09. The third-order valence-electron chi connectivity index (χ3n) is 1.38. The summed E-state index contributed by atoms with van der Waals surface area (Å²) in [6, 6.07) is 7.55. The highest BCUT2D eigenvalue weighted by atomic mass is 79.9. The van der Waals surface area contributed by atoms with E-state index in [1.807, 2.05) is 24.3 Å². The van der Waals surface area contributed by atoms with Crippen LogP contribution < -0.4 is 4.74 Å². The van der Waals surface area contributed by atoms with Crippen molar-refractivity contribution in [1.29, 1.82) is 5.26 Å². The normalized spacial score (nSPS) is 11.8. The molecule has 0 amide bonds. The van der Waals surface area contributed by atoms with Gasteiger partial charge in [0.25, 0.3) is 0 Å². The topological polar surface area (TPSA) is 33.0 Å². The van der Waals surface area contributed by atoms with Gasteiger partial charge in [-0.1, -0.05) is 15.9 Å². The zero-order valence-electron chi connectivity index (χ0n) is 6.92. The third-order valence-corrected chi connectivity index (χ3v) is 2.49. The SMILES string of the molecule is CC(C#N)Oc1ccc(Br)cc1Br. The quantitative estimate of drug-likeness (QED) is 0.838. The lowest BCUT2D eigenvalue weighted by Crippen LogP contribution is -2.08. The molecule has 4 heteroatoms. The minimum absolute atomic E-state index is 0.433. The van der Waals surface area contributed by atoms with Crippen molar-refractivity contribution in [1.82, 2.24) is 0 Å². The van der Waals surface area contributed by atoms with E-state index in [0.717, 1.165) is 8.95 Å². The maximum Gasteiger partial charge on any atom is 0.181 e. The van der Waals surface area contributed by atoms with E-state index < -0.39 is 6.10 Å². The van der Waals surface area contributed by atoms with Crippen molar-refractivity contribution in [3.05, 3.63) is 27.1 Å². The first-order valence-corrected chi connectivity index (χ1v) is 5.23. The zero-order valence-corrected chi connectivity index (χ0v) is 10.1. The molecule has 1 aromatic carbocycles. The van der Waals surface area contributed by atoms with Gasteiger partial charge in [-0.3, -0.25) is 0 Å². The monoisotopic (exact) mass is 303 g/mol. The van der Waals surface area contributed by atoms with E-state index in [0.29, 0.717) is 5.75 Å². The van der Waals surface area contributed by atoms with Gasteiger partial charge in [0.15, 0.2) is 6.10 Å². The van der Waals surface area contributed by atoms with E-state index in [2.05, 4.69) is 31.9 Å². The summed E-state index contributed by atoms with van der Waals surface area (Å²) >= 11 is 6.67. The van der Waals surface area contributed by atoms with Crippen LogP contribution in [-0.4, -0.2) is 6.10 Å². The average molecular weight is 305 g/mol. The highest BCUT2D eigenvalue weighted by molar-refractivity contribution is 9.11. The van der Waals surface area contributed by atoms with Gasteiger partial charge in [0.2, 0.25) is 0 Å². The first-order valence-electron chi connectivity index (χ1n) is 3.65. The van der Waals surface area contributed by atoms with E-state index in [4.69, 9.17) is 10.00 Å². The Balaban J connectivity index is 2.85. The predicted octanol–water partition coefficient (Wildman–Crippen LogP) is 3.50. The number of benzene rings is 1. The third kappa shape index (κ3) is 3.02. The summed E-state index contributed by atoms with van der Waals surface area (Å²) in [5.41, 5.74) is 0. The summed E-state index contributed by atoms with van der Waals surface area (Å²) in [7, 11) is 0. The van der Waals surface area contributed by atoms with Crippen LogP contribution in [0.15, 0.2) is 27.1 Å². The molecule has 0 aliphatic rings. The van der Waals surface area contributed by atoms with Crippen molar-refractivity contribution < 1.29 is 4.74 Å². The van der Waals surface area contributed by atoms with Crippen LogP contribution in [0.3, 0.4) is 0 Å². The molecular weight excluding hydrogens is 298 g/mol. The van der Waals surface area contributed by atoms with Gasteiger partial charge in [-0.2, -0.15) is 5.26 Å². The van der Waals surface area contributed by atoms with E-state index in [1.165, 1.54) is 0 Å². The second-order valence-corrected chi connectivity index (χ2v) is 4.23. The van der Waals surface area contributed by atoms with Gasteiger partial charge in [-0.05, 0) is 41.1 Å². The average Bonchev–Trinajstić information content (AvgIpc) is 2.09. The Hall–Kier alpha value is -0.530. The number of halogens is 2. The lowest BCUT2D eigenvalue weighted by molar-refractivity contribution is 0.274. The molecule has 0 saturated carbocycles. The smallest absolute Gasteiger partial charge is 0.181 e. The summed E-state index contributed by atoms with van der Waals surface area (Å²) < 4.78 is 7.13. The highest BCUT2D eigenvalue weighted by Crippen LogP contribution is 2.28. The predicted molar refractivity (Wildman–Crippen MR) is 57.5 cm³/mol. The molecule has 1 rings (SSSR count). The summed E-state index contributed by atoms with van der Waals surface area (Å²) in [5, 5.41) is 8.54. The van der Waals surface area contributed by atoms with Gasteiger partial charge in [0, 0.05) is 4.47 Å². The molecule has 0 bridgehead atoms. The highest BCUT2D eigenvalue weighted by Gasteiger charge is 2.05. The molecule has 1 atom stereocenters. The number of ether oxygens (including phenoxy) is 1. The molecule has 68 valence electrons. The molecule has 0 fully saturated rings. The molecule has 0 saturated heterocycles.